The van der Waals surface area contributed by atoms with Crippen LogP contribution in [0.25, 0.3) is 10.9 Å². The molecule has 1 amide bonds. The molecule has 0 saturated heterocycles. The van der Waals surface area contributed by atoms with Gasteiger partial charge in [-0.25, -0.2) is 0 Å². The van der Waals surface area contributed by atoms with E-state index in [2.05, 4.69) is 10.3 Å². The number of nitrogens with one attached hydrogen (secondary N) is 2. The fourth-order valence-electron chi connectivity index (χ4n) is 2.37. The van der Waals surface area contributed by atoms with E-state index in [0.717, 1.165) is 16.5 Å². The van der Waals surface area contributed by atoms with E-state index in [9.17, 15) is 14.4 Å². The molecule has 0 fully saturated rings. The first-order valence-corrected chi connectivity index (χ1v) is 7.29. The Balaban J connectivity index is 1.98. The average molecular weight is 317 g/mol. The molecule has 1 heterocycles. The normalized spacial score (nSPS) is 13.4. The van der Waals surface area contributed by atoms with Crippen LogP contribution in [-0.2, 0) is 20.8 Å². The number of fused-ring (bicyclic) bond motifs is 1. The number of aromatic amines is 1. The lowest BCUT2D eigenvalue weighted by atomic mass is 10.0. The van der Waals surface area contributed by atoms with E-state index in [1.54, 1.807) is 6.20 Å². The molecule has 7 nitrogen and oxygen atoms in total. The Kier molecular flexibility index (Phi) is 5.48. The van der Waals surface area contributed by atoms with Crippen LogP contribution in [0.1, 0.15) is 18.4 Å². The Morgan fingerprint density at radius 1 is 1.35 bits per heavy atom. The van der Waals surface area contributed by atoms with Gasteiger partial charge in [0.15, 0.2) is 0 Å². The van der Waals surface area contributed by atoms with Crippen molar-refractivity contribution in [2.24, 2.45) is 5.73 Å². The predicted molar refractivity (Wildman–Crippen MR) is 84.8 cm³/mol. The number of carbonyl (C=O) groups excluding carboxylic acids is 2. The highest BCUT2D eigenvalue weighted by molar-refractivity contribution is 5.86. The molecule has 0 saturated carbocycles. The van der Waals surface area contributed by atoms with Crippen LogP contribution in [0.2, 0.25) is 0 Å². The van der Waals surface area contributed by atoms with Gasteiger partial charge in [0.25, 0.3) is 0 Å². The van der Waals surface area contributed by atoms with E-state index in [4.69, 9.17) is 10.8 Å². The maximum absolute atomic E-state index is 11.9. The number of aromatic nitrogens is 1. The zero-order valence-corrected chi connectivity index (χ0v) is 12.5. The molecule has 2 aromatic rings. The number of carboxylic acids is 1. The molecule has 23 heavy (non-hydrogen) atoms. The molecule has 5 N–H and O–H groups in total. The number of H-pyrrole nitrogens is 1. The van der Waals surface area contributed by atoms with Gasteiger partial charge in [-0.1, -0.05) is 18.2 Å². The van der Waals surface area contributed by atoms with Crippen LogP contribution in [0.15, 0.2) is 30.5 Å². The number of carbonyl (C=O) groups is 3. The molecule has 7 heteroatoms. The number of rotatable bonds is 8. The molecule has 122 valence electrons. The first kappa shape index (κ1) is 16.7. The second kappa shape index (κ2) is 7.55. The van der Waals surface area contributed by atoms with E-state index >= 15 is 0 Å². The Hall–Kier alpha value is -2.67. The van der Waals surface area contributed by atoms with E-state index < -0.39 is 24.0 Å². The van der Waals surface area contributed by atoms with Crippen LogP contribution < -0.4 is 11.1 Å². The van der Waals surface area contributed by atoms with E-state index in [-0.39, 0.29) is 12.8 Å². The zero-order valence-electron chi connectivity index (χ0n) is 12.5. The molecule has 1 aromatic carbocycles. The zero-order chi connectivity index (χ0) is 16.8. The lowest BCUT2D eigenvalue weighted by Crippen LogP contribution is -2.47. The third kappa shape index (κ3) is 4.40. The summed E-state index contributed by atoms with van der Waals surface area (Å²) in [5.41, 5.74) is 7.50. The van der Waals surface area contributed by atoms with Crippen LogP contribution in [0, 0.1) is 0 Å². The summed E-state index contributed by atoms with van der Waals surface area (Å²) in [5.74, 6) is -1.54. The standard InChI is InChI=1S/C16H19N3O4/c17-13(5-6-15(21)22)16(23)19-11(9-20)7-10-8-18-14-4-2-1-3-12(10)14/h1-4,8-9,11,13,18H,5-7,17H2,(H,19,23)(H,21,22)/t11-,13-/m0/s1. The van der Waals surface area contributed by atoms with Crippen molar-refractivity contribution in [3.8, 4) is 0 Å². The van der Waals surface area contributed by atoms with Crippen molar-refractivity contribution >= 4 is 29.1 Å². The molecule has 0 spiro atoms. The topological polar surface area (TPSA) is 125 Å². The van der Waals surface area contributed by atoms with Gasteiger partial charge >= 0.3 is 5.97 Å². The van der Waals surface area contributed by atoms with Gasteiger partial charge in [-0.2, -0.15) is 0 Å². The minimum Gasteiger partial charge on any atom is -0.481 e. The fourth-order valence-corrected chi connectivity index (χ4v) is 2.37. The molecule has 0 aliphatic heterocycles. The summed E-state index contributed by atoms with van der Waals surface area (Å²) in [6.45, 7) is 0. The Bertz CT molecular complexity index is 710. The summed E-state index contributed by atoms with van der Waals surface area (Å²) in [6.07, 6.45) is 2.63. The largest absolute Gasteiger partial charge is 0.481 e. The molecule has 2 atom stereocenters. The number of para-hydroxylation sites is 1. The first-order chi connectivity index (χ1) is 11.0. The molecule has 0 bridgehead atoms. The third-order valence-electron chi connectivity index (χ3n) is 3.61. The fraction of sp³-hybridized carbons (Fsp3) is 0.312. The Morgan fingerprint density at radius 3 is 2.78 bits per heavy atom. The lowest BCUT2D eigenvalue weighted by Gasteiger charge is -2.16. The number of hydrogen-bond donors (Lipinski definition) is 4. The number of benzene rings is 1. The number of aldehydes is 1. The van der Waals surface area contributed by atoms with Crippen molar-refractivity contribution in [1.82, 2.24) is 10.3 Å². The monoisotopic (exact) mass is 317 g/mol. The van der Waals surface area contributed by atoms with Crippen molar-refractivity contribution in [1.29, 1.82) is 0 Å². The highest BCUT2D eigenvalue weighted by Crippen LogP contribution is 2.18. The quantitative estimate of drug-likeness (QED) is 0.530. The van der Waals surface area contributed by atoms with E-state index in [1.807, 2.05) is 24.3 Å². The molecule has 0 aliphatic carbocycles. The maximum atomic E-state index is 11.9. The first-order valence-electron chi connectivity index (χ1n) is 7.29. The van der Waals surface area contributed by atoms with Crippen molar-refractivity contribution in [2.45, 2.75) is 31.3 Å². The summed E-state index contributed by atoms with van der Waals surface area (Å²) in [7, 11) is 0. The average Bonchev–Trinajstić information content (AvgIpc) is 2.94. The van der Waals surface area contributed by atoms with Crippen LogP contribution in [0.5, 0.6) is 0 Å². The number of nitrogens with two attached hydrogens (primary N) is 1. The summed E-state index contributed by atoms with van der Waals surface area (Å²) >= 11 is 0. The number of aliphatic carboxylic acids is 1. The molecule has 0 aliphatic rings. The Morgan fingerprint density at radius 2 is 2.09 bits per heavy atom. The van der Waals surface area contributed by atoms with Gasteiger partial charge in [0.1, 0.15) is 6.29 Å². The second-order valence-corrected chi connectivity index (χ2v) is 5.35. The van der Waals surface area contributed by atoms with E-state index in [0.29, 0.717) is 12.7 Å². The summed E-state index contributed by atoms with van der Waals surface area (Å²) in [4.78, 5) is 36.8. The summed E-state index contributed by atoms with van der Waals surface area (Å²) in [6, 6.07) is 6.01. The van der Waals surface area contributed by atoms with Gasteiger partial charge in [-0.3, -0.25) is 9.59 Å². The molecule has 0 radical (unpaired) electrons. The lowest BCUT2D eigenvalue weighted by molar-refractivity contribution is -0.137. The van der Waals surface area contributed by atoms with Gasteiger partial charge in [0.05, 0.1) is 12.1 Å². The van der Waals surface area contributed by atoms with Gasteiger partial charge < -0.3 is 25.9 Å². The van der Waals surface area contributed by atoms with Crippen molar-refractivity contribution in [3.63, 3.8) is 0 Å². The molecular formula is C16H19N3O4. The minimum atomic E-state index is -1.01. The van der Waals surface area contributed by atoms with Crippen molar-refractivity contribution in [2.75, 3.05) is 0 Å². The van der Waals surface area contributed by atoms with Gasteiger partial charge in [0, 0.05) is 29.9 Å². The van der Waals surface area contributed by atoms with Crippen LogP contribution in [-0.4, -0.2) is 40.3 Å². The van der Waals surface area contributed by atoms with Gasteiger partial charge in [-0.15, -0.1) is 0 Å². The highest BCUT2D eigenvalue weighted by atomic mass is 16.4. The molecule has 1 aromatic heterocycles. The number of hydrogen-bond acceptors (Lipinski definition) is 4. The summed E-state index contributed by atoms with van der Waals surface area (Å²) in [5, 5.41) is 12.1. The summed E-state index contributed by atoms with van der Waals surface area (Å²) < 4.78 is 0. The highest BCUT2D eigenvalue weighted by Gasteiger charge is 2.19. The Labute approximate surface area is 132 Å². The molecule has 2 rings (SSSR count). The molecule has 0 unspecified atom stereocenters. The third-order valence-corrected chi connectivity index (χ3v) is 3.61. The van der Waals surface area contributed by atoms with Crippen LogP contribution in [0.4, 0.5) is 0 Å². The van der Waals surface area contributed by atoms with E-state index in [1.165, 1.54) is 0 Å². The van der Waals surface area contributed by atoms with Crippen LogP contribution >= 0.6 is 0 Å². The smallest absolute Gasteiger partial charge is 0.303 e. The number of carboxylic acid groups (broad SMARTS) is 1. The maximum Gasteiger partial charge on any atom is 0.303 e. The van der Waals surface area contributed by atoms with Gasteiger partial charge in [-0.05, 0) is 18.1 Å². The van der Waals surface area contributed by atoms with Crippen molar-refractivity contribution in [3.05, 3.63) is 36.0 Å². The van der Waals surface area contributed by atoms with Gasteiger partial charge in [0.2, 0.25) is 5.91 Å². The van der Waals surface area contributed by atoms with Crippen LogP contribution in [0.3, 0.4) is 0 Å². The minimum absolute atomic E-state index is 0.0276. The predicted octanol–water partition coefficient (Wildman–Crippen LogP) is 0.586. The molecular weight excluding hydrogens is 298 g/mol. The SMILES string of the molecule is N[C@@H](CCC(=O)O)C(=O)N[C@H](C=O)Cc1c[nH]c2ccccc12. The number of amides is 1. The van der Waals surface area contributed by atoms with Crippen molar-refractivity contribution < 1.29 is 19.5 Å². The second-order valence-electron chi connectivity index (χ2n) is 5.35.